The van der Waals surface area contributed by atoms with Crippen molar-refractivity contribution < 1.29 is 9.53 Å². The molecule has 2 rings (SSSR count). The summed E-state index contributed by atoms with van der Waals surface area (Å²) in [5.74, 6) is 0. The topological polar surface area (TPSA) is 45.7 Å². The third-order valence-corrected chi connectivity index (χ3v) is 4.95. The van der Waals surface area contributed by atoms with Gasteiger partial charge in [-0.2, -0.15) is 0 Å². The molecule has 0 bridgehead atoms. The Kier molecular flexibility index (Phi) is 6.13. The van der Waals surface area contributed by atoms with Crippen LogP contribution in [0.1, 0.15) is 39.3 Å². The summed E-state index contributed by atoms with van der Waals surface area (Å²) in [7, 11) is 0. The van der Waals surface area contributed by atoms with Gasteiger partial charge in [-0.1, -0.05) is 11.6 Å². The molecular weight excluding hydrogens is 429 g/mol. The van der Waals surface area contributed by atoms with Crippen LogP contribution in [-0.4, -0.2) is 52.7 Å². The minimum atomic E-state index is -0.452. The highest BCUT2D eigenvalue weighted by Crippen LogP contribution is 2.27. The SMILES string of the molecule is CC(c1cnc(Cl)cc1I)N1CCN(C(=O)OC(C)(C)C)CC1. The van der Waals surface area contributed by atoms with E-state index in [0.717, 1.165) is 16.7 Å². The first-order valence-corrected chi connectivity index (χ1v) is 9.16. The molecule has 1 aromatic rings. The number of halogens is 2. The van der Waals surface area contributed by atoms with Crippen molar-refractivity contribution in [3.05, 3.63) is 26.5 Å². The Labute approximate surface area is 156 Å². The molecular formula is C16H23ClIN3O2. The molecule has 1 amide bonds. The lowest BCUT2D eigenvalue weighted by atomic mass is 10.1. The Morgan fingerprint density at radius 2 is 1.96 bits per heavy atom. The number of carbonyl (C=O) groups is 1. The van der Waals surface area contributed by atoms with Crippen LogP contribution in [0.4, 0.5) is 4.79 Å². The lowest BCUT2D eigenvalue weighted by Gasteiger charge is -2.38. The van der Waals surface area contributed by atoms with Gasteiger partial charge in [0.05, 0.1) is 0 Å². The largest absolute Gasteiger partial charge is 0.444 e. The third-order valence-electron chi connectivity index (χ3n) is 3.81. The number of hydrogen-bond donors (Lipinski definition) is 0. The van der Waals surface area contributed by atoms with Gasteiger partial charge in [-0.3, -0.25) is 4.90 Å². The van der Waals surface area contributed by atoms with E-state index in [1.54, 1.807) is 4.90 Å². The standard InChI is InChI=1S/C16H23ClIN3O2/c1-11(12-10-19-14(17)9-13(12)18)20-5-7-21(8-6-20)15(22)23-16(2,3)4/h9-11H,5-8H2,1-4H3. The first-order chi connectivity index (χ1) is 10.7. The number of amides is 1. The van der Waals surface area contributed by atoms with Crippen molar-refractivity contribution >= 4 is 40.3 Å². The van der Waals surface area contributed by atoms with Gasteiger partial charge < -0.3 is 9.64 Å². The quantitative estimate of drug-likeness (QED) is 0.504. The van der Waals surface area contributed by atoms with Gasteiger partial charge in [0.1, 0.15) is 10.8 Å². The molecule has 1 aliphatic heterocycles. The van der Waals surface area contributed by atoms with Gasteiger partial charge in [0.2, 0.25) is 0 Å². The van der Waals surface area contributed by atoms with Gasteiger partial charge in [0.25, 0.3) is 0 Å². The maximum Gasteiger partial charge on any atom is 0.410 e. The van der Waals surface area contributed by atoms with Gasteiger partial charge in [-0.15, -0.1) is 0 Å². The predicted molar refractivity (Wildman–Crippen MR) is 99.8 cm³/mol. The van der Waals surface area contributed by atoms with Crippen LogP contribution < -0.4 is 0 Å². The number of hydrogen-bond acceptors (Lipinski definition) is 4. The van der Waals surface area contributed by atoms with E-state index in [2.05, 4.69) is 39.4 Å². The van der Waals surface area contributed by atoms with Crippen LogP contribution in [0.5, 0.6) is 0 Å². The second-order valence-corrected chi connectivity index (χ2v) is 8.26. The maximum absolute atomic E-state index is 12.1. The zero-order valence-electron chi connectivity index (χ0n) is 14.0. The number of nitrogens with zero attached hydrogens (tertiary/aromatic N) is 3. The van der Waals surface area contributed by atoms with E-state index in [4.69, 9.17) is 16.3 Å². The van der Waals surface area contributed by atoms with E-state index in [9.17, 15) is 4.79 Å². The van der Waals surface area contributed by atoms with Crippen LogP contribution in [0.2, 0.25) is 5.15 Å². The Morgan fingerprint density at radius 1 is 1.35 bits per heavy atom. The number of piperazine rings is 1. The van der Waals surface area contributed by atoms with Crippen LogP contribution in [0.25, 0.3) is 0 Å². The van der Waals surface area contributed by atoms with Crippen LogP contribution >= 0.6 is 34.2 Å². The van der Waals surface area contributed by atoms with Crippen molar-refractivity contribution in [2.45, 2.75) is 39.3 Å². The molecule has 1 unspecified atom stereocenters. The first-order valence-electron chi connectivity index (χ1n) is 7.70. The lowest BCUT2D eigenvalue weighted by molar-refractivity contribution is 0.0110. The van der Waals surface area contributed by atoms with Gasteiger partial charge in [-0.25, -0.2) is 9.78 Å². The lowest BCUT2D eigenvalue weighted by Crippen LogP contribution is -2.50. The molecule has 0 aliphatic carbocycles. The van der Waals surface area contributed by atoms with Crippen LogP contribution in [0.15, 0.2) is 12.3 Å². The molecule has 1 saturated heterocycles. The summed E-state index contributed by atoms with van der Waals surface area (Å²) in [6.45, 7) is 10.8. The zero-order chi connectivity index (χ0) is 17.2. The van der Waals surface area contributed by atoms with E-state index in [1.807, 2.05) is 33.0 Å². The average Bonchev–Trinajstić information content (AvgIpc) is 2.45. The van der Waals surface area contributed by atoms with Crippen LogP contribution in [0.3, 0.4) is 0 Å². The van der Waals surface area contributed by atoms with Gasteiger partial charge >= 0.3 is 6.09 Å². The Balaban J connectivity index is 1.95. The molecule has 0 N–H and O–H groups in total. The number of pyridine rings is 1. The molecule has 7 heteroatoms. The highest BCUT2D eigenvalue weighted by atomic mass is 127. The summed E-state index contributed by atoms with van der Waals surface area (Å²) in [6, 6.07) is 2.12. The molecule has 1 aliphatic rings. The second-order valence-electron chi connectivity index (χ2n) is 6.71. The Bertz CT molecular complexity index is 569. The van der Waals surface area contributed by atoms with E-state index in [0.29, 0.717) is 18.2 Å². The van der Waals surface area contributed by atoms with Gasteiger partial charge in [0.15, 0.2) is 0 Å². The number of carbonyl (C=O) groups excluding carboxylic acids is 1. The second kappa shape index (κ2) is 7.53. The monoisotopic (exact) mass is 451 g/mol. The van der Waals surface area contributed by atoms with Crippen molar-refractivity contribution in [3.63, 3.8) is 0 Å². The fourth-order valence-corrected chi connectivity index (χ4v) is 3.77. The molecule has 0 spiro atoms. The van der Waals surface area contributed by atoms with Crippen molar-refractivity contribution in [1.82, 2.24) is 14.8 Å². The highest BCUT2D eigenvalue weighted by molar-refractivity contribution is 14.1. The fraction of sp³-hybridized carbons (Fsp3) is 0.625. The summed E-state index contributed by atoms with van der Waals surface area (Å²) in [4.78, 5) is 20.4. The molecule has 0 saturated carbocycles. The van der Waals surface area contributed by atoms with E-state index in [-0.39, 0.29) is 12.1 Å². The average molecular weight is 452 g/mol. The summed E-state index contributed by atoms with van der Waals surface area (Å²) < 4.78 is 6.55. The normalized spacial score (nSPS) is 17.9. The summed E-state index contributed by atoms with van der Waals surface area (Å²) >= 11 is 8.22. The molecule has 128 valence electrons. The Morgan fingerprint density at radius 3 is 2.48 bits per heavy atom. The zero-order valence-corrected chi connectivity index (χ0v) is 16.9. The molecule has 1 aromatic heterocycles. The minimum absolute atomic E-state index is 0.229. The summed E-state index contributed by atoms with van der Waals surface area (Å²) in [5, 5.41) is 0.514. The summed E-state index contributed by atoms with van der Waals surface area (Å²) in [5.41, 5.74) is 0.716. The summed E-state index contributed by atoms with van der Waals surface area (Å²) in [6.07, 6.45) is 1.61. The molecule has 5 nitrogen and oxygen atoms in total. The van der Waals surface area contributed by atoms with Crippen molar-refractivity contribution in [1.29, 1.82) is 0 Å². The molecule has 0 aromatic carbocycles. The minimum Gasteiger partial charge on any atom is -0.444 e. The molecule has 23 heavy (non-hydrogen) atoms. The first kappa shape index (κ1) is 18.7. The van der Waals surface area contributed by atoms with Crippen LogP contribution in [-0.2, 0) is 4.74 Å². The van der Waals surface area contributed by atoms with Gasteiger partial charge in [-0.05, 0) is 56.4 Å². The van der Waals surface area contributed by atoms with Gasteiger partial charge in [0, 0.05) is 47.6 Å². The maximum atomic E-state index is 12.1. The van der Waals surface area contributed by atoms with Crippen molar-refractivity contribution in [2.75, 3.05) is 26.2 Å². The molecule has 1 fully saturated rings. The number of aromatic nitrogens is 1. The van der Waals surface area contributed by atoms with Crippen LogP contribution in [0, 0.1) is 3.57 Å². The predicted octanol–water partition coefficient (Wildman–Crippen LogP) is 3.95. The molecule has 1 atom stereocenters. The number of rotatable bonds is 2. The van der Waals surface area contributed by atoms with Crippen molar-refractivity contribution in [3.8, 4) is 0 Å². The van der Waals surface area contributed by atoms with E-state index in [1.165, 1.54) is 5.56 Å². The van der Waals surface area contributed by atoms with Crippen molar-refractivity contribution in [2.24, 2.45) is 0 Å². The molecule has 0 radical (unpaired) electrons. The Hall–Kier alpha value is -0.600. The van der Waals surface area contributed by atoms with E-state index >= 15 is 0 Å². The molecule has 2 heterocycles. The smallest absolute Gasteiger partial charge is 0.410 e. The third kappa shape index (κ3) is 5.19. The highest BCUT2D eigenvalue weighted by Gasteiger charge is 2.28. The fourth-order valence-electron chi connectivity index (χ4n) is 2.54. The number of ether oxygens (including phenoxy) is 1. The van der Waals surface area contributed by atoms with E-state index < -0.39 is 5.60 Å².